The van der Waals surface area contributed by atoms with Crippen LogP contribution in [0, 0.1) is 0 Å². The molecule has 0 fully saturated rings. The van der Waals surface area contributed by atoms with Crippen molar-refractivity contribution < 1.29 is 37.3 Å². The van der Waals surface area contributed by atoms with Crippen molar-refractivity contribution in [3.63, 3.8) is 0 Å². The first kappa shape index (κ1) is 79.5. The van der Waals surface area contributed by atoms with Gasteiger partial charge in [-0.15, -0.1) is 0 Å². The van der Waals surface area contributed by atoms with Crippen molar-refractivity contribution in [2.75, 3.05) is 40.9 Å². The summed E-state index contributed by atoms with van der Waals surface area (Å²) < 4.78 is 30.4. The average Bonchev–Trinajstić information content (AvgIpc) is 3.47. The zero-order chi connectivity index (χ0) is 60.0. The van der Waals surface area contributed by atoms with Gasteiger partial charge in [-0.3, -0.25) is 14.2 Å². The van der Waals surface area contributed by atoms with Crippen LogP contribution in [0.3, 0.4) is 0 Å². The SMILES string of the molecule is CCCCC/C=C\C/C=C\C/C=C\C/C=C\CCCCCC(=O)NC(COP(=O)([O-])OCC[N+](C)(C)C)C(/C=C\CCCCCCCCCCCC)OC(=O)CCCCCCCCCCCCCCCCC/C=C/CCCCCCCC. The third-order valence-electron chi connectivity index (χ3n) is 15.4. The Morgan fingerprint density at radius 2 is 0.744 bits per heavy atom. The fourth-order valence-corrected chi connectivity index (χ4v) is 10.7. The lowest BCUT2D eigenvalue weighted by Crippen LogP contribution is -2.47. The molecule has 0 radical (unpaired) electrons. The number of phosphoric ester groups is 1. The van der Waals surface area contributed by atoms with Crippen LogP contribution < -0.4 is 10.2 Å². The number of quaternary nitrogens is 1. The maximum absolute atomic E-state index is 13.6. The molecule has 0 aliphatic carbocycles. The third-order valence-corrected chi connectivity index (χ3v) is 16.3. The van der Waals surface area contributed by atoms with Crippen LogP contribution >= 0.6 is 7.82 Å². The van der Waals surface area contributed by atoms with Crippen LogP contribution in [-0.2, 0) is 27.9 Å². The molecule has 10 heteroatoms. The number of phosphoric acid groups is 1. The molecule has 1 amide bonds. The molecule has 1 N–H and O–H groups in total. The molecule has 3 atom stereocenters. The van der Waals surface area contributed by atoms with E-state index in [1.165, 1.54) is 205 Å². The Balaban J connectivity index is 5.12. The summed E-state index contributed by atoms with van der Waals surface area (Å²) in [7, 11) is 1.17. The fraction of sp³-hybridized carbons (Fsp3) is 0.806. The van der Waals surface area contributed by atoms with E-state index in [1.54, 1.807) is 0 Å². The second-order valence-electron chi connectivity index (χ2n) is 24.7. The smallest absolute Gasteiger partial charge is 0.306 e. The van der Waals surface area contributed by atoms with Crippen LogP contribution in [0.2, 0.25) is 0 Å². The molecule has 0 aliphatic rings. The van der Waals surface area contributed by atoms with Crippen molar-refractivity contribution in [1.29, 1.82) is 0 Å². The van der Waals surface area contributed by atoms with Crippen molar-refractivity contribution in [1.82, 2.24) is 5.32 Å². The number of hydrogen-bond donors (Lipinski definition) is 1. The molecule has 0 aromatic heterocycles. The van der Waals surface area contributed by atoms with Gasteiger partial charge in [-0.05, 0) is 102 Å². The van der Waals surface area contributed by atoms with Gasteiger partial charge in [0.15, 0.2) is 0 Å². The van der Waals surface area contributed by atoms with Crippen molar-refractivity contribution in [2.45, 2.75) is 335 Å². The summed E-state index contributed by atoms with van der Waals surface area (Å²) in [6, 6.07) is -0.907. The van der Waals surface area contributed by atoms with E-state index in [9.17, 15) is 19.0 Å². The molecular weight excluding hydrogens is 1040 g/mol. The van der Waals surface area contributed by atoms with E-state index < -0.39 is 26.6 Å². The van der Waals surface area contributed by atoms with Gasteiger partial charge in [-0.1, -0.05) is 280 Å². The van der Waals surface area contributed by atoms with Crippen molar-refractivity contribution in [3.05, 3.63) is 72.9 Å². The molecule has 0 bridgehead atoms. The Hall–Kier alpha value is -2.55. The van der Waals surface area contributed by atoms with Crippen LogP contribution in [-0.4, -0.2) is 69.4 Å². The maximum atomic E-state index is 13.6. The van der Waals surface area contributed by atoms with E-state index >= 15 is 0 Å². The topological polar surface area (TPSA) is 114 Å². The summed E-state index contributed by atoms with van der Waals surface area (Å²) in [5.74, 6) is -0.569. The van der Waals surface area contributed by atoms with Crippen LogP contribution in [0.15, 0.2) is 72.9 Å². The molecule has 9 nitrogen and oxygen atoms in total. The minimum Gasteiger partial charge on any atom is -0.756 e. The van der Waals surface area contributed by atoms with Gasteiger partial charge in [0.05, 0.1) is 33.8 Å². The van der Waals surface area contributed by atoms with E-state index in [4.69, 9.17) is 13.8 Å². The number of ether oxygens (including phenoxy) is 1. The Morgan fingerprint density at radius 3 is 1.16 bits per heavy atom. The highest BCUT2D eigenvalue weighted by Crippen LogP contribution is 2.38. The highest BCUT2D eigenvalue weighted by molar-refractivity contribution is 7.45. The number of likely N-dealkylation sites (N-methyl/N-ethyl adjacent to an activating group) is 1. The fourth-order valence-electron chi connectivity index (χ4n) is 9.97. The quantitative estimate of drug-likeness (QED) is 0.0212. The Labute approximate surface area is 508 Å². The normalized spacial score (nSPS) is 14.0. The van der Waals surface area contributed by atoms with Crippen molar-refractivity contribution in [2.24, 2.45) is 0 Å². The number of carbonyl (C=O) groups excluding carboxylic acids is 2. The Morgan fingerprint density at radius 1 is 0.427 bits per heavy atom. The van der Waals surface area contributed by atoms with Gasteiger partial charge in [0.1, 0.15) is 19.3 Å². The molecule has 3 unspecified atom stereocenters. The highest BCUT2D eigenvalue weighted by Gasteiger charge is 2.27. The minimum absolute atomic E-state index is 0.0299. The number of carbonyl (C=O) groups is 2. The number of nitrogens with one attached hydrogen (secondary N) is 1. The molecule has 0 heterocycles. The highest BCUT2D eigenvalue weighted by atomic mass is 31.2. The Kier molecular flexibility index (Phi) is 59.6. The number of amides is 1. The second kappa shape index (κ2) is 61.5. The van der Waals surface area contributed by atoms with Crippen molar-refractivity contribution >= 4 is 19.7 Å². The van der Waals surface area contributed by atoms with Crippen LogP contribution in [0.5, 0.6) is 0 Å². The predicted octanol–water partition coefficient (Wildman–Crippen LogP) is 21.3. The number of unbranched alkanes of at least 4 members (excludes halogenated alkanes) is 37. The molecule has 0 saturated heterocycles. The van der Waals surface area contributed by atoms with Gasteiger partial charge >= 0.3 is 5.97 Å². The number of rotatable bonds is 63. The van der Waals surface area contributed by atoms with Crippen LogP contribution in [0.25, 0.3) is 0 Å². The zero-order valence-electron chi connectivity index (χ0n) is 54.7. The maximum Gasteiger partial charge on any atom is 0.306 e. The summed E-state index contributed by atoms with van der Waals surface area (Å²) in [5.41, 5.74) is 0. The van der Waals surface area contributed by atoms with E-state index in [-0.39, 0.29) is 31.3 Å². The third kappa shape index (κ3) is 62.0. The lowest BCUT2D eigenvalue weighted by molar-refractivity contribution is -0.870. The average molecular weight is 1170 g/mol. The first-order valence-electron chi connectivity index (χ1n) is 34.7. The molecule has 0 spiro atoms. The van der Waals surface area contributed by atoms with E-state index in [1.807, 2.05) is 33.3 Å². The van der Waals surface area contributed by atoms with Gasteiger partial charge < -0.3 is 28.5 Å². The molecule has 0 aromatic rings. The number of allylic oxidation sites excluding steroid dienone is 11. The molecule has 0 aliphatic heterocycles. The molecular formula is C72H133N2O7P. The second-order valence-corrected chi connectivity index (χ2v) is 26.1. The standard InChI is InChI=1S/C72H133N2O7P/c1-7-10-13-16-19-22-25-28-30-32-34-35-36-37-38-39-41-43-45-47-50-53-56-59-62-65-72(76)81-70(63-60-57-54-51-48-27-24-21-18-15-12-9-3)69(68-80-82(77,78)79-67-66-74(4,5)6)73-71(75)64-61-58-55-52-49-46-44-42-40-33-31-29-26-23-20-17-14-11-8-2/h20,23,28-31,40,42,46,49,60,63,69-70H,7-19,21-22,24-27,32-39,41,43-45,47-48,50-59,61-62,64-68H2,1-6H3,(H-,73,75,77,78)/b23-20-,30-28+,31-29-,42-40-,49-46-,63-60-. The van der Waals surface area contributed by atoms with Gasteiger partial charge in [-0.25, -0.2) is 0 Å². The zero-order valence-corrected chi connectivity index (χ0v) is 55.6. The predicted molar refractivity (Wildman–Crippen MR) is 353 cm³/mol. The van der Waals surface area contributed by atoms with E-state index in [2.05, 4.69) is 86.8 Å². The number of nitrogens with zero attached hydrogens (tertiary/aromatic N) is 1. The summed E-state index contributed by atoms with van der Waals surface area (Å²) >= 11 is 0. The first-order valence-corrected chi connectivity index (χ1v) is 36.2. The molecule has 0 rings (SSSR count). The summed E-state index contributed by atoms with van der Waals surface area (Å²) in [5, 5.41) is 3.02. The lowest BCUT2D eigenvalue weighted by atomic mass is 10.0. The van der Waals surface area contributed by atoms with Gasteiger partial charge in [-0.2, -0.15) is 0 Å². The summed E-state index contributed by atoms with van der Waals surface area (Å²) in [6.45, 7) is 6.81. The molecule has 478 valence electrons. The monoisotopic (exact) mass is 1170 g/mol. The van der Waals surface area contributed by atoms with Gasteiger partial charge in [0, 0.05) is 12.8 Å². The van der Waals surface area contributed by atoms with E-state index in [0.717, 1.165) is 77.0 Å². The first-order chi connectivity index (χ1) is 39.9. The number of hydrogen-bond acceptors (Lipinski definition) is 7. The van der Waals surface area contributed by atoms with Gasteiger partial charge in [0.25, 0.3) is 7.82 Å². The Bertz CT molecular complexity index is 1630. The number of esters is 1. The van der Waals surface area contributed by atoms with Crippen LogP contribution in [0.4, 0.5) is 0 Å². The van der Waals surface area contributed by atoms with Crippen LogP contribution in [0.1, 0.15) is 323 Å². The van der Waals surface area contributed by atoms with Gasteiger partial charge in [0.2, 0.25) is 5.91 Å². The molecule has 0 aromatic carbocycles. The minimum atomic E-state index is -4.71. The van der Waals surface area contributed by atoms with E-state index in [0.29, 0.717) is 17.4 Å². The summed E-state index contributed by atoms with van der Waals surface area (Å²) in [4.78, 5) is 40.1. The molecule has 82 heavy (non-hydrogen) atoms. The molecule has 0 saturated carbocycles. The summed E-state index contributed by atoms with van der Waals surface area (Å²) in [6.07, 6.45) is 80.3. The lowest BCUT2D eigenvalue weighted by Gasteiger charge is -2.30. The largest absolute Gasteiger partial charge is 0.756 e. The van der Waals surface area contributed by atoms with Crippen molar-refractivity contribution in [3.8, 4) is 0 Å².